The molecule has 0 spiro atoms. The molecule has 0 radical (unpaired) electrons. The minimum absolute atomic E-state index is 0.0805. The Balaban J connectivity index is 2.31. The number of halogens is 1. The number of sulfonamides is 1. The van der Waals surface area contributed by atoms with Crippen LogP contribution in [-0.2, 0) is 10.0 Å². The van der Waals surface area contributed by atoms with Gasteiger partial charge in [0.05, 0.1) is 14.8 Å². The molecule has 1 aliphatic rings. The standard InChI is InChI=1S/C12H18BrNO3S2/c1-8(15)6-10-4-3-5-14(10)19(16,17)11-7-12(13)18-9(11)2/h7-8,10,15H,3-6H2,1-2H3. The molecule has 2 heterocycles. The molecule has 1 saturated heterocycles. The molecule has 19 heavy (non-hydrogen) atoms. The van der Waals surface area contributed by atoms with Gasteiger partial charge in [-0.25, -0.2) is 8.42 Å². The van der Waals surface area contributed by atoms with Gasteiger partial charge in [0.15, 0.2) is 0 Å². The van der Waals surface area contributed by atoms with Crippen LogP contribution in [0.2, 0.25) is 0 Å². The van der Waals surface area contributed by atoms with Gasteiger partial charge >= 0.3 is 0 Å². The summed E-state index contributed by atoms with van der Waals surface area (Å²) < 4.78 is 27.8. The maximum atomic E-state index is 12.7. The Bertz CT molecular complexity index is 553. The third-order valence-corrected chi connectivity index (χ3v) is 7.13. The summed E-state index contributed by atoms with van der Waals surface area (Å²) in [6.45, 7) is 4.07. The molecule has 2 atom stereocenters. The normalized spacial score (nSPS) is 22.8. The molecule has 1 N–H and O–H groups in total. The lowest BCUT2D eigenvalue weighted by Gasteiger charge is -2.24. The minimum atomic E-state index is -3.44. The predicted molar refractivity (Wildman–Crippen MR) is 80.0 cm³/mol. The van der Waals surface area contributed by atoms with Crippen LogP contribution in [0.25, 0.3) is 0 Å². The molecule has 108 valence electrons. The zero-order chi connectivity index (χ0) is 14.2. The molecule has 1 aromatic heterocycles. The van der Waals surface area contributed by atoms with Crippen molar-refractivity contribution >= 4 is 37.3 Å². The molecule has 7 heteroatoms. The molecule has 1 fully saturated rings. The monoisotopic (exact) mass is 367 g/mol. The molecule has 1 aromatic rings. The highest BCUT2D eigenvalue weighted by molar-refractivity contribution is 9.11. The first-order chi connectivity index (χ1) is 8.82. The molecular formula is C12H18BrNO3S2. The number of rotatable bonds is 4. The van der Waals surface area contributed by atoms with Crippen molar-refractivity contribution in [2.75, 3.05) is 6.54 Å². The predicted octanol–water partition coefficient (Wildman–Crippen LogP) is 2.74. The highest BCUT2D eigenvalue weighted by Crippen LogP contribution is 2.35. The van der Waals surface area contributed by atoms with E-state index in [-0.39, 0.29) is 6.04 Å². The Morgan fingerprint density at radius 1 is 1.63 bits per heavy atom. The van der Waals surface area contributed by atoms with E-state index in [2.05, 4.69) is 15.9 Å². The van der Waals surface area contributed by atoms with Crippen molar-refractivity contribution in [1.82, 2.24) is 4.31 Å². The minimum Gasteiger partial charge on any atom is -0.393 e. The molecule has 0 amide bonds. The van der Waals surface area contributed by atoms with E-state index in [0.29, 0.717) is 17.9 Å². The summed E-state index contributed by atoms with van der Waals surface area (Å²) in [6.07, 6.45) is 1.72. The number of hydrogen-bond acceptors (Lipinski definition) is 4. The SMILES string of the molecule is Cc1sc(Br)cc1S(=O)(=O)N1CCCC1CC(C)O. The average molecular weight is 368 g/mol. The Kier molecular flexibility index (Phi) is 4.72. The van der Waals surface area contributed by atoms with Crippen LogP contribution in [0.4, 0.5) is 0 Å². The third-order valence-electron chi connectivity index (χ3n) is 3.37. The highest BCUT2D eigenvalue weighted by atomic mass is 79.9. The van der Waals surface area contributed by atoms with Crippen molar-refractivity contribution in [3.63, 3.8) is 0 Å². The Labute approximate surface area is 126 Å². The fourth-order valence-electron chi connectivity index (χ4n) is 2.57. The van der Waals surface area contributed by atoms with E-state index in [0.717, 1.165) is 21.5 Å². The molecule has 2 rings (SSSR count). The van der Waals surface area contributed by atoms with Crippen molar-refractivity contribution in [1.29, 1.82) is 0 Å². The summed E-state index contributed by atoms with van der Waals surface area (Å²) >= 11 is 4.77. The molecule has 1 aliphatic heterocycles. The van der Waals surface area contributed by atoms with Gasteiger partial charge in [-0.15, -0.1) is 11.3 Å². The van der Waals surface area contributed by atoms with Gasteiger partial charge in [0.1, 0.15) is 0 Å². The smallest absolute Gasteiger partial charge is 0.244 e. The molecule has 0 bridgehead atoms. The van der Waals surface area contributed by atoms with Gasteiger partial charge in [-0.2, -0.15) is 4.31 Å². The second kappa shape index (κ2) is 5.81. The lowest BCUT2D eigenvalue weighted by molar-refractivity contribution is 0.158. The largest absolute Gasteiger partial charge is 0.393 e. The van der Waals surface area contributed by atoms with E-state index in [9.17, 15) is 13.5 Å². The van der Waals surface area contributed by atoms with Gasteiger partial charge in [-0.05, 0) is 55.1 Å². The quantitative estimate of drug-likeness (QED) is 0.889. The number of nitrogens with zero attached hydrogens (tertiary/aromatic N) is 1. The van der Waals surface area contributed by atoms with Crippen molar-refractivity contribution < 1.29 is 13.5 Å². The van der Waals surface area contributed by atoms with E-state index in [1.165, 1.54) is 11.3 Å². The maximum Gasteiger partial charge on any atom is 0.244 e. The molecule has 0 aliphatic carbocycles. The fraction of sp³-hybridized carbons (Fsp3) is 0.667. The van der Waals surface area contributed by atoms with E-state index >= 15 is 0 Å². The summed E-state index contributed by atoms with van der Waals surface area (Å²) in [5.41, 5.74) is 0. The third kappa shape index (κ3) is 3.21. The molecule has 0 aromatic carbocycles. The van der Waals surface area contributed by atoms with Crippen molar-refractivity contribution in [2.24, 2.45) is 0 Å². The zero-order valence-corrected chi connectivity index (χ0v) is 14.2. The number of aryl methyl sites for hydroxylation is 1. The van der Waals surface area contributed by atoms with Crippen molar-refractivity contribution in [3.05, 3.63) is 14.7 Å². The number of aliphatic hydroxyl groups excluding tert-OH is 1. The van der Waals surface area contributed by atoms with Crippen molar-refractivity contribution in [3.8, 4) is 0 Å². The van der Waals surface area contributed by atoms with Gasteiger partial charge in [-0.3, -0.25) is 0 Å². The molecule has 4 nitrogen and oxygen atoms in total. The maximum absolute atomic E-state index is 12.7. The first-order valence-corrected chi connectivity index (χ1v) is 9.33. The first-order valence-electron chi connectivity index (χ1n) is 6.28. The lowest BCUT2D eigenvalue weighted by Crippen LogP contribution is -2.37. The number of thiophene rings is 1. The topological polar surface area (TPSA) is 57.6 Å². The van der Waals surface area contributed by atoms with Crippen LogP contribution in [0.1, 0.15) is 31.1 Å². The number of aliphatic hydroxyl groups is 1. The van der Waals surface area contributed by atoms with Crippen LogP contribution in [0.3, 0.4) is 0 Å². The zero-order valence-electron chi connectivity index (χ0n) is 11.0. The van der Waals surface area contributed by atoms with Crippen LogP contribution in [0.15, 0.2) is 14.7 Å². The van der Waals surface area contributed by atoms with E-state index in [4.69, 9.17) is 0 Å². The average Bonchev–Trinajstić information content (AvgIpc) is 2.84. The summed E-state index contributed by atoms with van der Waals surface area (Å²) in [6, 6.07) is 1.59. The van der Waals surface area contributed by atoms with Crippen LogP contribution < -0.4 is 0 Å². The van der Waals surface area contributed by atoms with E-state index in [1.54, 1.807) is 17.3 Å². The summed E-state index contributed by atoms with van der Waals surface area (Å²) in [4.78, 5) is 1.19. The first kappa shape index (κ1) is 15.4. The van der Waals surface area contributed by atoms with E-state index < -0.39 is 16.1 Å². The summed E-state index contributed by atoms with van der Waals surface area (Å²) in [5, 5.41) is 9.50. The van der Waals surface area contributed by atoms with Gasteiger partial charge in [0.25, 0.3) is 0 Å². The van der Waals surface area contributed by atoms with Crippen LogP contribution in [0, 0.1) is 6.92 Å². The Morgan fingerprint density at radius 3 is 2.84 bits per heavy atom. The lowest BCUT2D eigenvalue weighted by atomic mass is 10.1. The highest BCUT2D eigenvalue weighted by Gasteiger charge is 2.36. The Morgan fingerprint density at radius 2 is 2.32 bits per heavy atom. The molecule has 0 saturated carbocycles. The van der Waals surface area contributed by atoms with Crippen LogP contribution in [0.5, 0.6) is 0 Å². The second-order valence-corrected chi connectivity index (χ2v) is 9.46. The van der Waals surface area contributed by atoms with Gasteiger partial charge < -0.3 is 5.11 Å². The van der Waals surface area contributed by atoms with Crippen molar-refractivity contribution in [2.45, 2.75) is 50.2 Å². The second-order valence-electron chi connectivity index (χ2n) is 4.97. The van der Waals surface area contributed by atoms with Crippen LogP contribution in [-0.4, -0.2) is 36.5 Å². The summed E-state index contributed by atoms with van der Waals surface area (Å²) in [7, 11) is -3.44. The van der Waals surface area contributed by atoms with Crippen LogP contribution >= 0.6 is 27.3 Å². The number of hydrogen-bond donors (Lipinski definition) is 1. The summed E-state index contributed by atoms with van der Waals surface area (Å²) in [5.74, 6) is 0. The molecular weight excluding hydrogens is 350 g/mol. The Hall–Kier alpha value is 0.0500. The fourth-order valence-corrected chi connectivity index (χ4v) is 6.66. The van der Waals surface area contributed by atoms with Gasteiger partial charge in [0.2, 0.25) is 10.0 Å². The van der Waals surface area contributed by atoms with Gasteiger partial charge in [0, 0.05) is 17.5 Å². The van der Waals surface area contributed by atoms with Gasteiger partial charge in [-0.1, -0.05) is 0 Å². The van der Waals surface area contributed by atoms with E-state index in [1.807, 2.05) is 6.92 Å². The molecule has 2 unspecified atom stereocenters.